The molecule has 2 rings (SSSR count). The van der Waals surface area contributed by atoms with Gasteiger partial charge in [0.1, 0.15) is 0 Å². The van der Waals surface area contributed by atoms with Crippen molar-refractivity contribution >= 4 is 0 Å². The first-order chi connectivity index (χ1) is 8.83. The smallest absolute Gasteiger partial charge is 0.0594 e. The van der Waals surface area contributed by atoms with Crippen LogP contribution >= 0.6 is 0 Å². The van der Waals surface area contributed by atoms with Crippen LogP contribution in [0, 0.1) is 0 Å². The molecule has 1 saturated heterocycles. The summed E-state index contributed by atoms with van der Waals surface area (Å²) in [4.78, 5) is 2.32. The third kappa shape index (κ3) is 8.03. The molecule has 0 unspecified atom stereocenters. The minimum atomic E-state index is 0.519. The number of ether oxygens (including phenoxy) is 1. The molecule has 2 fully saturated rings. The summed E-state index contributed by atoms with van der Waals surface area (Å²) in [5.41, 5.74) is 11.2. The van der Waals surface area contributed by atoms with E-state index >= 15 is 0 Å². The number of nitrogens with zero attached hydrogens (tertiary/aromatic N) is 1. The zero-order chi connectivity index (χ0) is 13.1. The Kier molecular flexibility index (Phi) is 9.48. The summed E-state index contributed by atoms with van der Waals surface area (Å²) in [6.45, 7) is 5.64. The van der Waals surface area contributed by atoms with Crippen LogP contribution in [0.4, 0.5) is 0 Å². The van der Waals surface area contributed by atoms with Crippen LogP contribution in [0.25, 0.3) is 0 Å². The van der Waals surface area contributed by atoms with Crippen LogP contribution in [0.5, 0.6) is 0 Å². The van der Waals surface area contributed by atoms with Crippen LogP contribution in [0.2, 0.25) is 0 Å². The van der Waals surface area contributed by atoms with Gasteiger partial charge in [-0.25, -0.2) is 0 Å². The highest BCUT2D eigenvalue weighted by atomic mass is 16.5. The molecule has 0 aromatic carbocycles. The third-order valence-corrected chi connectivity index (χ3v) is 3.70. The summed E-state index contributed by atoms with van der Waals surface area (Å²) in [6, 6.07) is 0.519. The molecule has 0 amide bonds. The van der Waals surface area contributed by atoms with E-state index in [4.69, 9.17) is 16.2 Å². The summed E-state index contributed by atoms with van der Waals surface area (Å²) in [7, 11) is 0. The molecule has 0 aromatic heterocycles. The molecule has 1 aliphatic carbocycles. The van der Waals surface area contributed by atoms with E-state index in [9.17, 15) is 0 Å². The molecule has 2 aliphatic rings. The lowest BCUT2D eigenvalue weighted by atomic mass is 9.98. The first-order valence-corrected chi connectivity index (χ1v) is 7.58. The van der Waals surface area contributed by atoms with Crippen molar-refractivity contribution in [2.45, 2.75) is 51.0 Å². The number of hydrogen-bond acceptors (Lipinski definition) is 4. The van der Waals surface area contributed by atoms with E-state index in [1.54, 1.807) is 0 Å². The van der Waals surface area contributed by atoms with E-state index < -0.39 is 0 Å². The zero-order valence-electron chi connectivity index (χ0n) is 11.8. The van der Waals surface area contributed by atoms with E-state index in [0.717, 1.165) is 39.4 Å². The van der Waals surface area contributed by atoms with Gasteiger partial charge in [0.15, 0.2) is 0 Å². The predicted molar refractivity (Wildman–Crippen MR) is 76.6 cm³/mol. The molecule has 4 heteroatoms. The maximum Gasteiger partial charge on any atom is 0.0594 e. The van der Waals surface area contributed by atoms with Gasteiger partial charge in [-0.15, -0.1) is 0 Å². The number of rotatable bonds is 2. The zero-order valence-corrected chi connectivity index (χ0v) is 11.8. The number of hydrogen-bond donors (Lipinski definition) is 2. The van der Waals surface area contributed by atoms with Gasteiger partial charge in [0.25, 0.3) is 0 Å². The highest BCUT2D eigenvalue weighted by molar-refractivity contribution is 4.64. The van der Waals surface area contributed by atoms with E-state index in [1.807, 2.05) is 0 Å². The molecule has 0 spiro atoms. The summed E-state index contributed by atoms with van der Waals surface area (Å²) in [5, 5.41) is 0. The largest absolute Gasteiger partial charge is 0.379 e. The lowest BCUT2D eigenvalue weighted by Gasteiger charge is -2.25. The average Bonchev–Trinajstić information content (AvgIpc) is 2.36. The van der Waals surface area contributed by atoms with Crippen molar-refractivity contribution in [3.63, 3.8) is 0 Å². The van der Waals surface area contributed by atoms with Crippen molar-refractivity contribution in [1.82, 2.24) is 4.90 Å². The van der Waals surface area contributed by atoms with Gasteiger partial charge in [0.2, 0.25) is 0 Å². The average molecular weight is 257 g/mol. The fourth-order valence-electron chi connectivity index (χ4n) is 2.50. The van der Waals surface area contributed by atoms with Crippen molar-refractivity contribution in [3.8, 4) is 0 Å². The maximum atomic E-state index is 5.80. The molecule has 108 valence electrons. The van der Waals surface area contributed by atoms with Crippen LogP contribution in [0.15, 0.2) is 0 Å². The highest BCUT2D eigenvalue weighted by Crippen LogP contribution is 2.15. The van der Waals surface area contributed by atoms with Gasteiger partial charge < -0.3 is 16.2 Å². The van der Waals surface area contributed by atoms with Crippen molar-refractivity contribution in [2.24, 2.45) is 11.5 Å². The molecule has 0 aromatic rings. The van der Waals surface area contributed by atoms with Crippen LogP contribution in [-0.2, 0) is 4.74 Å². The first-order valence-electron chi connectivity index (χ1n) is 7.58. The van der Waals surface area contributed by atoms with E-state index in [-0.39, 0.29) is 0 Å². The van der Waals surface area contributed by atoms with Crippen LogP contribution in [-0.4, -0.2) is 50.3 Å². The summed E-state index contributed by atoms with van der Waals surface area (Å²) < 4.78 is 5.16. The minimum Gasteiger partial charge on any atom is -0.379 e. The van der Waals surface area contributed by atoms with E-state index in [1.165, 1.54) is 44.9 Å². The lowest BCUT2D eigenvalue weighted by molar-refractivity contribution is 0.0394. The standard InChI is InChI=1S/C8H17N.C6H14N2O/c9-8-6-4-2-1-3-5-7-8;7-1-2-8-3-5-9-6-4-8/h8H,1-7,9H2;1-7H2. The monoisotopic (exact) mass is 257 g/mol. The van der Waals surface area contributed by atoms with Crippen molar-refractivity contribution in [1.29, 1.82) is 0 Å². The van der Waals surface area contributed by atoms with Gasteiger partial charge in [0.05, 0.1) is 13.2 Å². The molecule has 1 heterocycles. The Morgan fingerprint density at radius 3 is 2.06 bits per heavy atom. The Balaban J connectivity index is 0.000000180. The predicted octanol–water partition coefficient (Wildman–Crippen LogP) is 1.34. The first kappa shape index (κ1) is 15.9. The van der Waals surface area contributed by atoms with Crippen LogP contribution in [0.3, 0.4) is 0 Å². The molecule has 18 heavy (non-hydrogen) atoms. The highest BCUT2D eigenvalue weighted by Gasteiger charge is 2.07. The SMILES string of the molecule is NC1CCCCCCC1.NCCN1CCOCC1. The molecule has 0 atom stereocenters. The summed E-state index contributed by atoms with van der Waals surface area (Å²) in [5.74, 6) is 0. The molecule has 0 radical (unpaired) electrons. The van der Waals surface area contributed by atoms with Crippen molar-refractivity contribution in [3.05, 3.63) is 0 Å². The molecule has 0 bridgehead atoms. The van der Waals surface area contributed by atoms with Crippen molar-refractivity contribution < 1.29 is 4.74 Å². The fourth-order valence-corrected chi connectivity index (χ4v) is 2.50. The van der Waals surface area contributed by atoms with Gasteiger partial charge in [-0.1, -0.05) is 32.1 Å². The molecule has 4 N–H and O–H groups in total. The Bertz CT molecular complexity index is 173. The number of nitrogens with two attached hydrogens (primary N) is 2. The van der Waals surface area contributed by atoms with Gasteiger partial charge in [-0.2, -0.15) is 0 Å². The normalized spacial score (nSPS) is 23.7. The third-order valence-electron chi connectivity index (χ3n) is 3.70. The summed E-state index contributed by atoms with van der Waals surface area (Å²) >= 11 is 0. The van der Waals surface area contributed by atoms with Gasteiger partial charge >= 0.3 is 0 Å². The molecule has 1 aliphatic heterocycles. The second-order valence-electron chi connectivity index (χ2n) is 5.35. The molecule has 1 saturated carbocycles. The Hall–Kier alpha value is -0.160. The van der Waals surface area contributed by atoms with Crippen LogP contribution < -0.4 is 11.5 Å². The second kappa shape index (κ2) is 10.7. The molecular weight excluding hydrogens is 226 g/mol. The molecular formula is C14H31N3O. The summed E-state index contributed by atoms with van der Waals surface area (Å²) in [6.07, 6.45) is 9.51. The topological polar surface area (TPSA) is 64.5 Å². The lowest BCUT2D eigenvalue weighted by Crippen LogP contribution is -2.39. The Morgan fingerprint density at radius 2 is 1.50 bits per heavy atom. The Morgan fingerprint density at radius 1 is 0.944 bits per heavy atom. The van der Waals surface area contributed by atoms with E-state index in [2.05, 4.69) is 4.90 Å². The van der Waals surface area contributed by atoms with Gasteiger partial charge in [-0.05, 0) is 12.8 Å². The van der Waals surface area contributed by atoms with E-state index in [0.29, 0.717) is 6.04 Å². The fraction of sp³-hybridized carbons (Fsp3) is 1.00. The molecule has 4 nitrogen and oxygen atoms in total. The van der Waals surface area contributed by atoms with Crippen LogP contribution in [0.1, 0.15) is 44.9 Å². The van der Waals surface area contributed by atoms with Gasteiger partial charge in [0, 0.05) is 32.2 Å². The van der Waals surface area contributed by atoms with Gasteiger partial charge in [-0.3, -0.25) is 4.90 Å². The quantitative estimate of drug-likeness (QED) is 0.783. The van der Waals surface area contributed by atoms with Crippen molar-refractivity contribution in [2.75, 3.05) is 39.4 Å². The number of morpholine rings is 1. The second-order valence-corrected chi connectivity index (χ2v) is 5.35. The maximum absolute atomic E-state index is 5.80. The Labute approximate surface area is 112 Å². The minimum absolute atomic E-state index is 0.519.